The number of hydrogen-bond acceptors (Lipinski definition) is 2. The zero-order valence-electron chi connectivity index (χ0n) is 4.71. The highest BCUT2D eigenvalue weighted by Crippen LogP contribution is 1.99. The molecule has 0 aromatic carbocycles. The molecule has 1 heterocycles. The third kappa shape index (κ3) is 0.992. The molecule has 1 aliphatic heterocycles. The third-order valence-corrected chi connectivity index (χ3v) is 1.40. The average molecular weight is 117 g/mol. The summed E-state index contributed by atoms with van der Waals surface area (Å²) in [6.07, 6.45) is -0.313. The van der Waals surface area contributed by atoms with Crippen LogP contribution in [-0.2, 0) is 4.74 Å². The molecule has 0 spiro atoms. The lowest BCUT2D eigenvalue weighted by molar-refractivity contribution is -0.638. The van der Waals surface area contributed by atoms with E-state index in [1.54, 1.807) is 5.32 Å². The molecule has 2 atom stereocenters. The van der Waals surface area contributed by atoms with E-state index in [1.807, 2.05) is 0 Å². The van der Waals surface area contributed by atoms with E-state index in [-0.39, 0.29) is 12.1 Å². The molecule has 3 heteroatoms. The highest BCUT2D eigenvalue weighted by atomic mass is 16.5. The van der Waals surface area contributed by atoms with Gasteiger partial charge in [-0.25, -0.2) is 0 Å². The van der Waals surface area contributed by atoms with Gasteiger partial charge >= 0.3 is 0 Å². The summed E-state index contributed by atoms with van der Waals surface area (Å²) in [5.74, 6) is 0. The van der Waals surface area contributed by atoms with Gasteiger partial charge in [-0.2, -0.15) is 7.05 Å². The first-order chi connectivity index (χ1) is 3.84. The second-order valence-corrected chi connectivity index (χ2v) is 2.00. The van der Waals surface area contributed by atoms with Gasteiger partial charge in [0.25, 0.3) is 0 Å². The van der Waals surface area contributed by atoms with Crippen LogP contribution < -0.4 is 5.32 Å². The van der Waals surface area contributed by atoms with E-state index in [0.29, 0.717) is 13.2 Å². The summed E-state index contributed by atoms with van der Waals surface area (Å²) in [7, 11) is 3.55. The van der Waals surface area contributed by atoms with Crippen molar-refractivity contribution < 1.29 is 15.2 Å². The summed E-state index contributed by atoms with van der Waals surface area (Å²) in [6.45, 7) is 1.10. The standard InChI is InChI=1S/C5H11NO2/c1-6-4-2-8-3-5(4)7/h4-5,7H,1-3,6H2/t4?,5-/m1/s1. The van der Waals surface area contributed by atoms with Crippen LogP contribution in [0.5, 0.6) is 0 Å². The first kappa shape index (κ1) is 6.01. The van der Waals surface area contributed by atoms with Crippen LogP contribution in [0.3, 0.4) is 0 Å². The number of rotatable bonds is 1. The van der Waals surface area contributed by atoms with E-state index in [0.717, 1.165) is 0 Å². The van der Waals surface area contributed by atoms with Crippen molar-refractivity contribution in [3.8, 4) is 0 Å². The van der Waals surface area contributed by atoms with E-state index in [2.05, 4.69) is 7.05 Å². The topological polar surface area (TPSA) is 46.1 Å². The second-order valence-electron chi connectivity index (χ2n) is 2.00. The smallest absolute Gasteiger partial charge is 0.129 e. The first-order valence-electron chi connectivity index (χ1n) is 2.73. The number of ether oxygens (including phenoxy) is 1. The normalized spacial score (nSPS) is 38.2. The van der Waals surface area contributed by atoms with Gasteiger partial charge in [0.05, 0.1) is 13.2 Å². The van der Waals surface area contributed by atoms with Crippen molar-refractivity contribution in [1.29, 1.82) is 0 Å². The maximum atomic E-state index is 8.99. The predicted molar refractivity (Wildman–Crippen MR) is 27.9 cm³/mol. The van der Waals surface area contributed by atoms with Gasteiger partial charge in [-0.1, -0.05) is 0 Å². The van der Waals surface area contributed by atoms with Gasteiger partial charge in [0.2, 0.25) is 0 Å². The van der Waals surface area contributed by atoms with E-state index >= 15 is 0 Å². The molecule has 1 unspecified atom stereocenters. The van der Waals surface area contributed by atoms with Crippen LogP contribution in [0.2, 0.25) is 0 Å². The molecule has 1 rings (SSSR count). The Morgan fingerprint density at radius 2 is 2.38 bits per heavy atom. The molecule has 0 aliphatic carbocycles. The minimum atomic E-state index is -0.313. The molecule has 0 aromatic rings. The molecule has 0 bridgehead atoms. The number of nitrogens with two attached hydrogens (primary N) is 1. The predicted octanol–water partition coefficient (Wildman–Crippen LogP) is -1.90. The summed E-state index contributed by atoms with van der Waals surface area (Å²) in [6, 6.07) is 0.162. The van der Waals surface area contributed by atoms with Gasteiger partial charge < -0.3 is 15.2 Å². The third-order valence-electron chi connectivity index (χ3n) is 1.40. The molecule has 48 valence electrons. The van der Waals surface area contributed by atoms with Gasteiger partial charge in [-0.15, -0.1) is 0 Å². The fourth-order valence-corrected chi connectivity index (χ4v) is 0.785. The molecule has 1 aliphatic rings. The van der Waals surface area contributed by atoms with E-state index < -0.39 is 0 Å². The average Bonchev–Trinajstić information content (AvgIpc) is 2.14. The Morgan fingerprint density at radius 1 is 1.62 bits per heavy atom. The Morgan fingerprint density at radius 3 is 2.62 bits per heavy atom. The van der Waals surface area contributed by atoms with Crippen LogP contribution in [0.1, 0.15) is 0 Å². The quantitative estimate of drug-likeness (QED) is 0.394. The SMILES string of the molecule is [CH2-][NH2+]C1COC[C@H]1O. The van der Waals surface area contributed by atoms with Crippen LogP contribution in [0.25, 0.3) is 0 Å². The van der Waals surface area contributed by atoms with Crippen molar-refractivity contribution in [1.82, 2.24) is 0 Å². The Kier molecular flexibility index (Phi) is 1.83. The summed E-state index contributed by atoms with van der Waals surface area (Å²) < 4.78 is 4.94. The number of aliphatic hydroxyl groups is 1. The number of quaternary nitrogens is 1. The Bertz CT molecular complexity index is 76.8. The molecular formula is C5H11NO2. The van der Waals surface area contributed by atoms with E-state index in [9.17, 15) is 0 Å². The van der Waals surface area contributed by atoms with Gasteiger partial charge in [0.15, 0.2) is 0 Å². The van der Waals surface area contributed by atoms with Crippen LogP contribution in [0.4, 0.5) is 0 Å². The molecule has 8 heavy (non-hydrogen) atoms. The Balaban J connectivity index is 2.30. The van der Waals surface area contributed by atoms with Crippen molar-refractivity contribution in [2.75, 3.05) is 13.2 Å². The van der Waals surface area contributed by atoms with E-state index in [4.69, 9.17) is 9.84 Å². The summed E-state index contributed by atoms with van der Waals surface area (Å²) >= 11 is 0. The monoisotopic (exact) mass is 117 g/mol. The maximum Gasteiger partial charge on any atom is 0.129 e. The Labute approximate surface area is 48.7 Å². The molecular weight excluding hydrogens is 106 g/mol. The molecule has 0 aromatic heterocycles. The van der Waals surface area contributed by atoms with Crippen molar-refractivity contribution in [2.24, 2.45) is 0 Å². The molecule has 3 N–H and O–H groups in total. The molecule has 0 saturated carbocycles. The van der Waals surface area contributed by atoms with Gasteiger partial charge in [0.1, 0.15) is 12.1 Å². The Hall–Kier alpha value is -0.120. The summed E-state index contributed by atoms with van der Waals surface area (Å²) in [5, 5.41) is 10.7. The largest absolute Gasteiger partial charge is 0.472 e. The van der Waals surface area contributed by atoms with Gasteiger partial charge in [-0.3, -0.25) is 0 Å². The lowest BCUT2D eigenvalue weighted by atomic mass is 10.2. The van der Waals surface area contributed by atoms with Crippen molar-refractivity contribution in [3.63, 3.8) is 0 Å². The molecule has 1 fully saturated rings. The van der Waals surface area contributed by atoms with Crippen LogP contribution in [0, 0.1) is 7.05 Å². The fourth-order valence-electron chi connectivity index (χ4n) is 0.785. The highest BCUT2D eigenvalue weighted by Gasteiger charge is 2.25. The number of hydrogen-bond donors (Lipinski definition) is 2. The fraction of sp³-hybridized carbons (Fsp3) is 0.800. The van der Waals surface area contributed by atoms with Crippen LogP contribution in [0.15, 0.2) is 0 Å². The van der Waals surface area contributed by atoms with Gasteiger partial charge in [-0.05, 0) is 0 Å². The maximum absolute atomic E-state index is 8.99. The lowest BCUT2D eigenvalue weighted by Crippen LogP contribution is -2.86. The van der Waals surface area contributed by atoms with Crippen molar-refractivity contribution in [3.05, 3.63) is 7.05 Å². The summed E-state index contributed by atoms with van der Waals surface area (Å²) in [5.41, 5.74) is 0. The van der Waals surface area contributed by atoms with Crippen LogP contribution >= 0.6 is 0 Å². The molecule has 0 amide bonds. The molecule has 0 radical (unpaired) electrons. The van der Waals surface area contributed by atoms with Crippen molar-refractivity contribution in [2.45, 2.75) is 12.1 Å². The lowest BCUT2D eigenvalue weighted by Gasteiger charge is -2.10. The highest BCUT2D eigenvalue weighted by molar-refractivity contribution is 4.70. The van der Waals surface area contributed by atoms with Crippen molar-refractivity contribution >= 4 is 0 Å². The summed E-state index contributed by atoms with van der Waals surface area (Å²) in [4.78, 5) is 0. The second kappa shape index (κ2) is 2.44. The van der Waals surface area contributed by atoms with Crippen LogP contribution in [-0.4, -0.2) is 30.5 Å². The zero-order valence-corrected chi connectivity index (χ0v) is 4.71. The number of aliphatic hydroxyl groups excluding tert-OH is 1. The van der Waals surface area contributed by atoms with E-state index in [1.165, 1.54) is 0 Å². The minimum absolute atomic E-state index is 0.162. The molecule has 1 saturated heterocycles. The van der Waals surface area contributed by atoms with Gasteiger partial charge in [0, 0.05) is 0 Å². The molecule has 3 nitrogen and oxygen atoms in total. The zero-order chi connectivity index (χ0) is 5.98. The minimum Gasteiger partial charge on any atom is -0.472 e. The first-order valence-corrected chi connectivity index (χ1v) is 2.73.